The maximum atomic E-state index is 13.6. The van der Waals surface area contributed by atoms with Crippen molar-refractivity contribution in [1.82, 2.24) is 4.90 Å². The molecule has 0 aromatic heterocycles. The lowest BCUT2D eigenvalue weighted by molar-refractivity contribution is 0.0696. The predicted molar refractivity (Wildman–Crippen MR) is 70.2 cm³/mol. The van der Waals surface area contributed by atoms with Crippen LogP contribution in [0, 0.1) is 17.6 Å². The molecule has 1 heterocycles. The number of carbonyl (C=O) groups is 1. The third-order valence-corrected chi connectivity index (χ3v) is 3.61. The molecule has 1 saturated heterocycles. The van der Waals surface area contributed by atoms with Gasteiger partial charge in [0, 0.05) is 25.7 Å². The standard InChI is InChI=1S/C14H18F2N2O/c1-9-3-5-18(6-4-9)14(19)10-7-11(15)13(17-2)12(16)8-10/h7-9,17H,3-6H2,1-2H3. The van der Waals surface area contributed by atoms with Gasteiger partial charge in [0.05, 0.1) is 0 Å². The maximum Gasteiger partial charge on any atom is 0.254 e. The van der Waals surface area contributed by atoms with E-state index in [1.165, 1.54) is 7.05 Å². The molecule has 1 aromatic carbocycles. The molecule has 1 N–H and O–H groups in total. The molecule has 1 amide bonds. The minimum Gasteiger partial charge on any atom is -0.383 e. The molecule has 0 unspecified atom stereocenters. The first-order chi connectivity index (χ1) is 9.02. The molecule has 5 heteroatoms. The number of nitrogens with one attached hydrogen (secondary N) is 1. The maximum absolute atomic E-state index is 13.6. The number of halogens is 2. The van der Waals surface area contributed by atoms with Crippen molar-refractivity contribution in [3.63, 3.8) is 0 Å². The first-order valence-corrected chi connectivity index (χ1v) is 6.49. The van der Waals surface area contributed by atoms with Crippen LogP contribution in [-0.4, -0.2) is 30.9 Å². The molecule has 0 radical (unpaired) electrons. The summed E-state index contributed by atoms with van der Waals surface area (Å²) in [6.07, 6.45) is 1.87. The highest BCUT2D eigenvalue weighted by Crippen LogP contribution is 2.23. The Hall–Kier alpha value is -1.65. The zero-order chi connectivity index (χ0) is 14.0. The van der Waals surface area contributed by atoms with Crippen LogP contribution in [0.15, 0.2) is 12.1 Å². The molecule has 1 aliphatic heterocycles. The Balaban J connectivity index is 2.20. The second-order valence-corrected chi connectivity index (χ2v) is 5.04. The van der Waals surface area contributed by atoms with Crippen LogP contribution in [0.4, 0.5) is 14.5 Å². The van der Waals surface area contributed by atoms with Crippen LogP contribution < -0.4 is 5.32 Å². The monoisotopic (exact) mass is 268 g/mol. The first kappa shape index (κ1) is 13.8. The predicted octanol–water partition coefficient (Wildman–Crippen LogP) is 2.88. The third-order valence-electron chi connectivity index (χ3n) is 3.61. The van der Waals surface area contributed by atoms with E-state index in [2.05, 4.69) is 12.2 Å². The number of piperidine rings is 1. The molecule has 19 heavy (non-hydrogen) atoms. The fraction of sp³-hybridized carbons (Fsp3) is 0.500. The van der Waals surface area contributed by atoms with E-state index in [-0.39, 0.29) is 17.2 Å². The van der Waals surface area contributed by atoms with E-state index in [1.807, 2.05) is 0 Å². The van der Waals surface area contributed by atoms with E-state index >= 15 is 0 Å². The van der Waals surface area contributed by atoms with Crippen LogP contribution in [0.5, 0.6) is 0 Å². The van der Waals surface area contributed by atoms with Crippen LogP contribution in [0.25, 0.3) is 0 Å². The molecule has 1 aliphatic rings. The van der Waals surface area contributed by atoms with Gasteiger partial charge in [0.2, 0.25) is 0 Å². The van der Waals surface area contributed by atoms with Gasteiger partial charge in [0.25, 0.3) is 5.91 Å². The second-order valence-electron chi connectivity index (χ2n) is 5.04. The van der Waals surface area contributed by atoms with Crippen LogP contribution in [-0.2, 0) is 0 Å². The van der Waals surface area contributed by atoms with E-state index in [0.29, 0.717) is 19.0 Å². The number of carbonyl (C=O) groups excluding carboxylic acids is 1. The van der Waals surface area contributed by atoms with Crippen LogP contribution in [0.2, 0.25) is 0 Å². The SMILES string of the molecule is CNc1c(F)cc(C(=O)N2CCC(C)CC2)cc1F. The van der Waals surface area contributed by atoms with Gasteiger partial charge >= 0.3 is 0 Å². The van der Waals surface area contributed by atoms with Gasteiger partial charge in [-0.25, -0.2) is 8.78 Å². The van der Waals surface area contributed by atoms with E-state index in [0.717, 1.165) is 25.0 Å². The minimum absolute atomic E-state index is 0.0727. The number of amides is 1. The van der Waals surface area contributed by atoms with Crippen molar-refractivity contribution in [3.8, 4) is 0 Å². The fourth-order valence-corrected chi connectivity index (χ4v) is 2.33. The summed E-state index contributed by atoms with van der Waals surface area (Å²) in [5.74, 6) is -1.18. The lowest BCUT2D eigenvalue weighted by Gasteiger charge is -2.30. The van der Waals surface area contributed by atoms with Crippen LogP contribution >= 0.6 is 0 Å². The molecule has 104 valence electrons. The smallest absolute Gasteiger partial charge is 0.254 e. The molecule has 0 bridgehead atoms. The summed E-state index contributed by atoms with van der Waals surface area (Å²) in [7, 11) is 1.44. The molecule has 2 rings (SSSR count). The third kappa shape index (κ3) is 2.85. The van der Waals surface area contributed by atoms with E-state index in [4.69, 9.17) is 0 Å². The Morgan fingerprint density at radius 2 is 1.79 bits per heavy atom. The average Bonchev–Trinajstić information content (AvgIpc) is 2.38. The van der Waals surface area contributed by atoms with Gasteiger partial charge < -0.3 is 10.2 Å². The van der Waals surface area contributed by atoms with Crippen molar-refractivity contribution in [1.29, 1.82) is 0 Å². The summed E-state index contributed by atoms with van der Waals surface area (Å²) in [5.41, 5.74) is -0.132. The molecular weight excluding hydrogens is 250 g/mol. The lowest BCUT2D eigenvalue weighted by atomic mass is 9.98. The van der Waals surface area contributed by atoms with Crippen LogP contribution in [0.1, 0.15) is 30.1 Å². The summed E-state index contributed by atoms with van der Waals surface area (Å²) < 4.78 is 27.3. The summed E-state index contributed by atoms with van der Waals surface area (Å²) in [5, 5.41) is 2.44. The molecular formula is C14H18F2N2O. The van der Waals surface area contributed by atoms with Gasteiger partial charge in [0.15, 0.2) is 0 Å². The second kappa shape index (κ2) is 5.55. The van der Waals surface area contributed by atoms with Crippen molar-refractivity contribution >= 4 is 11.6 Å². The largest absolute Gasteiger partial charge is 0.383 e. The van der Waals surface area contributed by atoms with Gasteiger partial charge in [0.1, 0.15) is 17.3 Å². The number of anilines is 1. The Kier molecular flexibility index (Phi) is 4.02. The van der Waals surface area contributed by atoms with Gasteiger partial charge in [-0.1, -0.05) is 6.92 Å². The van der Waals surface area contributed by atoms with Crippen molar-refractivity contribution in [3.05, 3.63) is 29.3 Å². The van der Waals surface area contributed by atoms with E-state index in [9.17, 15) is 13.6 Å². The van der Waals surface area contributed by atoms with Crippen molar-refractivity contribution in [2.45, 2.75) is 19.8 Å². The molecule has 0 atom stereocenters. The van der Waals surface area contributed by atoms with Crippen molar-refractivity contribution < 1.29 is 13.6 Å². The van der Waals surface area contributed by atoms with Gasteiger partial charge in [-0.3, -0.25) is 4.79 Å². The highest BCUT2D eigenvalue weighted by atomic mass is 19.1. The molecule has 0 aliphatic carbocycles. The Morgan fingerprint density at radius 1 is 1.26 bits per heavy atom. The summed E-state index contributed by atoms with van der Waals surface area (Å²) in [4.78, 5) is 13.8. The fourth-order valence-electron chi connectivity index (χ4n) is 2.33. The quantitative estimate of drug-likeness (QED) is 0.894. The molecule has 3 nitrogen and oxygen atoms in total. The molecule has 0 saturated carbocycles. The topological polar surface area (TPSA) is 32.3 Å². The van der Waals surface area contributed by atoms with Crippen LogP contribution in [0.3, 0.4) is 0 Å². The van der Waals surface area contributed by atoms with Gasteiger partial charge in [-0.15, -0.1) is 0 Å². The zero-order valence-corrected chi connectivity index (χ0v) is 11.2. The highest BCUT2D eigenvalue weighted by Gasteiger charge is 2.23. The van der Waals surface area contributed by atoms with E-state index < -0.39 is 11.6 Å². The average molecular weight is 268 g/mol. The summed E-state index contributed by atoms with van der Waals surface area (Å²) in [6.45, 7) is 3.44. The number of likely N-dealkylation sites (tertiary alicyclic amines) is 1. The Bertz CT molecular complexity index is 459. The van der Waals surface area contributed by atoms with Crippen molar-refractivity contribution in [2.24, 2.45) is 5.92 Å². The summed E-state index contributed by atoms with van der Waals surface area (Å²) in [6, 6.07) is 2.19. The van der Waals surface area contributed by atoms with Crippen molar-refractivity contribution in [2.75, 3.05) is 25.5 Å². The highest BCUT2D eigenvalue weighted by molar-refractivity contribution is 5.94. The zero-order valence-electron chi connectivity index (χ0n) is 11.2. The van der Waals surface area contributed by atoms with E-state index in [1.54, 1.807) is 4.90 Å². The Labute approximate surface area is 111 Å². The first-order valence-electron chi connectivity index (χ1n) is 6.49. The summed E-state index contributed by atoms with van der Waals surface area (Å²) >= 11 is 0. The lowest BCUT2D eigenvalue weighted by Crippen LogP contribution is -2.38. The molecule has 1 aromatic rings. The molecule has 1 fully saturated rings. The number of hydrogen-bond donors (Lipinski definition) is 1. The molecule has 0 spiro atoms. The number of nitrogens with zero attached hydrogens (tertiary/aromatic N) is 1. The Morgan fingerprint density at radius 3 is 2.26 bits per heavy atom. The number of rotatable bonds is 2. The number of hydrogen-bond acceptors (Lipinski definition) is 2. The minimum atomic E-state index is -0.740. The van der Waals surface area contributed by atoms with Gasteiger partial charge in [-0.05, 0) is 30.9 Å². The normalized spacial score (nSPS) is 16.5. The number of benzene rings is 1. The van der Waals surface area contributed by atoms with Gasteiger partial charge in [-0.2, -0.15) is 0 Å².